The summed E-state index contributed by atoms with van der Waals surface area (Å²) in [6, 6.07) is 65.3. The van der Waals surface area contributed by atoms with Crippen LogP contribution in [0.15, 0.2) is 182 Å². The molecule has 9 aromatic carbocycles. The van der Waals surface area contributed by atoms with Crippen LogP contribution in [-0.4, -0.2) is 19.5 Å². The average Bonchev–Trinajstić information content (AvgIpc) is 3.75. The second-order valence-electron chi connectivity index (χ2n) is 16.0. The van der Waals surface area contributed by atoms with Crippen molar-refractivity contribution in [1.29, 1.82) is 0 Å². The SMILES string of the molecule is CC1(C)c2ccccc2-c2c1ccc1c3ccccc3n(-c3cc(-c4nc(-c5ccccc5)nc(-c5ccccc5)n4)c4c5ccccc5c5ccccc5c4c3)c21. The highest BCUT2D eigenvalue weighted by atomic mass is 15.0. The number of hydrogen-bond acceptors (Lipinski definition) is 3. The van der Waals surface area contributed by atoms with E-state index in [1.165, 1.54) is 60.1 Å². The topological polar surface area (TPSA) is 43.6 Å². The van der Waals surface area contributed by atoms with Crippen LogP contribution >= 0.6 is 0 Å². The Bertz CT molecular complexity index is 3410. The van der Waals surface area contributed by atoms with Crippen LogP contribution < -0.4 is 0 Å². The highest BCUT2D eigenvalue weighted by molar-refractivity contribution is 6.29. The lowest BCUT2D eigenvalue weighted by Crippen LogP contribution is -2.14. The molecular formula is C54H36N4. The molecule has 58 heavy (non-hydrogen) atoms. The molecule has 11 aromatic rings. The third-order valence-electron chi connectivity index (χ3n) is 12.4. The molecule has 12 rings (SSSR count). The minimum Gasteiger partial charge on any atom is -0.309 e. The Morgan fingerprint density at radius 1 is 0.397 bits per heavy atom. The van der Waals surface area contributed by atoms with Crippen molar-refractivity contribution in [3.63, 3.8) is 0 Å². The summed E-state index contributed by atoms with van der Waals surface area (Å²) in [6.45, 7) is 4.72. The van der Waals surface area contributed by atoms with E-state index in [1.54, 1.807) is 0 Å². The normalized spacial score (nSPS) is 13.1. The Kier molecular flexibility index (Phi) is 6.94. The predicted molar refractivity (Wildman–Crippen MR) is 241 cm³/mol. The van der Waals surface area contributed by atoms with Crippen LogP contribution in [-0.2, 0) is 5.41 Å². The third-order valence-corrected chi connectivity index (χ3v) is 12.4. The number of benzene rings is 9. The van der Waals surface area contributed by atoms with Crippen molar-refractivity contribution in [3.8, 4) is 51.0 Å². The summed E-state index contributed by atoms with van der Waals surface area (Å²) in [7, 11) is 0. The monoisotopic (exact) mass is 740 g/mol. The summed E-state index contributed by atoms with van der Waals surface area (Å²) >= 11 is 0. The molecule has 0 saturated carbocycles. The minimum atomic E-state index is -0.141. The molecule has 0 spiro atoms. The number of aromatic nitrogens is 4. The third kappa shape index (κ3) is 4.66. The first kappa shape index (κ1) is 32.8. The maximum atomic E-state index is 5.36. The van der Waals surface area contributed by atoms with Gasteiger partial charge in [-0.05, 0) is 61.8 Å². The molecule has 2 aromatic heterocycles. The second kappa shape index (κ2) is 12.3. The van der Waals surface area contributed by atoms with Gasteiger partial charge in [0.15, 0.2) is 17.5 Å². The van der Waals surface area contributed by atoms with Gasteiger partial charge < -0.3 is 4.57 Å². The van der Waals surface area contributed by atoms with Crippen LogP contribution in [0.4, 0.5) is 0 Å². The lowest BCUT2D eigenvalue weighted by molar-refractivity contribution is 0.661. The highest BCUT2D eigenvalue weighted by Crippen LogP contribution is 2.53. The van der Waals surface area contributed by atoms with Crippen LogP contribution in [0.5, 0.6) is 0 Å². The van der Waals surface area contributed by atoms with Crippen LogP contribution in [0.25, 0.3) is 105 Å². The molecule has 0 saturated heterocycles. The molecule has 0 bridgehead atoms. The Morgan fingerprint density at radius 3 is 1.62 bits per heavy atom. The molecule has 2 heterocycles. The van der Waals surface area contributed by atoms with Crippen molar-refractivity contribution < 1.29 is 0 Å². The molecule has 1 aliphatic rings. The summed E-state index contributed by atoms with van der Waals surface area (Å²) in [5.74, 6) is 1.92. The molecule has 0 fully saturated rings. The van der Waals surface area contributed by atoms with Gasteiger partial charge in [-0.1, -0.05) is 178 Å². The maximum Gasteiger partial charge on any atom is 0.164 e. The predicted octanol–water partition coefficient (Wildman–Crippen LogP) is 13.7. The Hall–Kier alpha value is -7.43. The summed E-state index contributed by atoms with van der Waals surface area (Å²) in [4.78, 5) is 15.8. The minimum absolute atomic E-state index is 0.141. The Balaban J connectivity index is 1.27. The van der Waals surface area contributed by atoms with Gasteiger partial charge in [-0.25, -0.2) is 15.0 Å². The zero-order chi connectivity index (χ0) is 38.5. The van der Waals surface area contributed by atoms with Gasteiger partial charge in [-0.15, -0.1) is 0 Å². The molecule has 1 aliphatic carbocycles. The molecule has 0 atom stereocenters. The van der Waals surface area contributed by atoms with E-state index in [1.807, 2.05) is 36.4 Å². The number of hydrogen-bond donors (Lipinski definition) is 0. The summed E-state index contributed by atoms with van der Waals surface area (Å²) < 4.78 is 2.51. The van der Waals surface area contributed by atoms with Gasteiger partial charge in [-0.3, -0.25) is 0 Å². The molecule has 0 unspecified atom stereocenters. The zero-order valence-corrected chi connectivity index (χ0v) is 32.1. The van der Waals surface area contributed by atoms with Gasteiger partial charge >= 0.3 is 0 Å². The van der Waals surface area contributed by atoms with Gasteiger partial charge in [0, 0.05) is 49.5 Å². The van der Waals surface area contributed by atoms with Crippen LogP contribution in [0.2, 0.25) is 0 Å². The fraction of sp³-hybridized carbons (Fsp3) is 0.0556. The van der Waals surface area contributed by atoms with Gasteiger partial charge in [0.1, 0.15) is 0 Å². The van der Waals surface area contributed by atoms with Gasteiger partial charge in [0.2, 0.25) is 0 Å². The molecule has 0 N–H and O–H groups in total. The second-order valence-corrected chi connectivity index (χ2v) is 16.0. The lowest BCUT2D eigenvalue weighted by atomic mass is 9.82. The van der Waals surface area contributed by atoms with E-state index in [0.717, 1.165) is 38.7 Å². The largest absolute Gasteiger partial charge is 0.309 e. The lowest BCUT2D eigenvalue weighted by Gasteiger charge is -2.21. The van der Waals surface area contributed by atoms with Crippen LogP contribution in [0.3, 0.4) is 0 Å². The van der Waals surface area contributed by atoms with E-state index in [9.17, 15) is 0 Å². The molecule has 4 nitrogen and oxygen atoms in total. The fourth-order valence-corrected chi connectivity index (χ4v) is 9.76. The number of fused-ring (bicyclic) bond motifs is 13. The average molecular weight is 741 g/mol. The zero-order valence-electron chi connectivity index (χ0n) is 32.1. The Labute approximate surface area is 335 Å². The van der Waals surface area contributed by atoms with E-state index < -0.39 is 0 Å². The van der Waals surface area contributed by atoms with Gasteiger partial charge in [0.05, 0.1) is 11.0 Å². The van der Waals surface area contributed by atoms with E-state index in [0.29, 0.717) is 17.5 Å². The Morgan fingerprint density at radius 2 is 0.931 bits per heavy atom. The van der Waals surface area contributed by atoms with Crippen molar-refractivity contribution in [2.24, 2.45) is 0 Å². The summed E-state index contributed by atoms with van der Waals surface area (Å²) in [5, 5.41) is 9.53. The standard InChI is InChI=1S/C54H36N4/c1-54(2)45-27-15-13-26-42(45)49-46(54)30-29-41-39-24-14-16-28-47(39)58(50(41)49)35-31-43-38-23-10-9-21-36(38)37-22-11-12-25-40(37)48(43)44(32-35)53-56-51(33-17-5-3-6-18-33)55-52(57-53)34-19-7-4-8-20-34/h3-32H,1-2H3. The van der Waals surface area contributed by atoms with E-state index in [-0.39, 0.29) is 5.41 Å². The van der Waals surface area contributed by atoms with E-state index in [4.69, 9.17) is 15.0 Å². The first-order valence-corrected chi connectivity index (χ1v) is 20.0. The molecule has 0 aliphatic heterocycles. The molecule has 4 heteroatoms. The molecular weight excluding hydrogens is 705 g/mol. The van der Waals surface area contributed by atoms with Crippen molar-refractivity contribution in [2.45, 2.75) is 19.3 Å². The van der Waals surface area contributed by atoms with Crippen molar-refractivity contribution >= 4 is 54.1 Å². The maximum absolute atomic E-state index is 5.36. The smallest absolute Gasteiger partial charge is 0.164 e. The van der Waals surface area contributed by atoms with Crippen molar-refractivity contribution in [2.75, 3.05) is 0 Å². The summed E-state index contributed by atoms with van der Waals surface area (Å²) in [5.41, 5.74) is 11.5. The number of para-hydroxylation sites is 1. The van der Waals surface area contributed by atoms with Crippen LogP contribution in [0.1, 0.15) is 25.0 Å². The molecule has 272 valence electrons. The number of nitrogens with zero attached hydrogens (tertiary/aromatic N) is 4. The molecule has 0 amide bonds. The first-order valence-electron chi connectivity index (χ1n) is 20.0. The van der Waals surface area contributed by atoms with E-state index >= 15 is 0 Å². The number of rotatable bonds is 4. The summed E-state index contributed by atoms with van der Waals surface area (Å²) in [6.07, 6.45) is 0. The molecule has 0 radical (unpaired) electrons. The highest BCUT2D eigenvalue weighted by Gasteiger charge is 2.37. The van der Waals surface area contributed by atoms with Gasteiger partial charge in [0.25, 0.3) is 0 Å². The van der Waals surface area contributed by atoms with Crippen molar-refractivity contribution in [1.82, 2.24) is 19.5 Å². The van der Waals surface area contributed by atoms with Gasteiger partial charge in [-0.2, -0.15) is 0 Å². The van der Waals surface area contributed by atoms with Crippen molar-refractivity contribution in [3.05, 3.63) is 193 Å². The van der Waals surface area contributed by atoms with E-state index in [2.05, 4.69) is 164 Å². The quantitative estimate of drug-likeness (QED) is 0.169. The fourth-order valence-electron chi connectivity index (χ4n) is 9.76. The van der Waals surface area contributed by atoms with Crippen LogP contribution in [0, 0.1) is 0 Å². The first-order chi connectivity index (χ1) is 28.5.